The van der Waals surface area contributed by atoms with Crippen LogP contribution in [0.5, 0.6) is 0 Å². The fourth-order valence-electron chi connectivity index (χ4n) is 6.49. The van der Waals surface area contributed by atoms with Crippen molar-refractivity contribution < 1.29 is 47.1 Å². The first-order valence-electron chi connectivity index (χ1n) is 23.5. The molecule has 12 heteroatoms. The first-order valence-corrected chi connectivity index (χ1v) is 25.0. The Labute approximate surface area is 358 Å². The number of ether oxygens (including phenoxy) is 3. The quantitative estimate of drug-likeness (QED) is 0.0200. The molecule has 0 radical (unpaired) electrons. The Bertz CT molecular complexity index is 1210. The molecule has 1 aliphatic rings. The molecular weight excluding hydrogens is 769 g/mol. The van der Waals surface area contributed by atoms with E-state index in [2.05, 4.69) is 43.5 Å². The summed E-state index contributed by atoms with van der Waals surface area (Å²) in [6.07, 6.45) is 39.9. The molecule has 0 aromatic heterocycles. The molecule has 0 bridgehead atoms. The van der Waals surface area contributed by atoms with E-state index in [4.69, 9.17) is 23.3 Å². The maximum atomic E-state index is 12.7. The molecule has 0 spiro atoms. The van der Waals surface area contributed by atoms with Gasteiger partial charge in [0.15, 0.2) is 6.10 Å². The number of unbranched alkanes of at least 4 members (excludes halogenated alkanes) is 22. The Morgan fingerprint density at radius 3 is 1.56 bits per heavy atom. The Hall–Kier alpha value is -2.46. The van der Waals surface area contributed by atoms with Gasteiger partial charge >= 0.3 is 25.9 Å². The fourth-order valence-corrected chi connectivity index (χ4v) is 7.24. The van der Waals surface area contributed by atoms with Crippen LogP contribution < -0.4 is 5.32 Å². The van der Waals surface area contributed by atoms with Crippen molar-refractivity contribution in [1.29, 1.82) is 0 Å². The van der Waals surface area contributed by atoms with Crippen LogP contribution in [0.25, 0.3) is 0 Å². The number of amides is 1. The van der Waals surface area contributed by atoms with Gasteiger partial charge in [-0.3, -0.25) is 18.6 Å². The predicted octanol–water partition coefficient (Wildman–Crippen LogP) is 13.0. The van der Waals surface area contributed by atoms with Crippen molar-refractivity contribution in [2.45, 2.75) is 207 Å². The minimum Gasteiger partial charge on any atom is -0.462 e. The lowest BCUT2D eigenvalue weighted by atomic mass is 10.1. The Morgan fingerprint density at radius 1 is 0.644 bits per heavy atom. The molecule has 11 nitrogen and oxygen atoms in total. The summed E-state index contributed by atoms with van der Waals surface area (Å²) in [4.78, 5) is 47.3. The summed E-state index contributed by atoms with van der Waals surface area (Å²) in [7, 11) is -4.57. The number of carbonyl (C=O) groups excluding carboxylic acids is 3. The highest BCUT2D eigenvalue weighted by Crippen LogP contribution is 2.43. The summed E-state index contributed by atoms with van der Waals surface area (Å²) in [6, 6.07) is 0. The zero-order valence-electron chi connectivity index (χ0n) is 37.4. The van der Waals surface area contributed by atoms with Crippen molar-refractivity contribution in [1.82, 2.24) is 5.32 Å². The highest BCUT2D eigenvalue weighted by atomic mass is 31.2. The lowest BCUT2D eigenvalue weighted by Crippen LogP contribution is -2.30. The van der Waals surface area contributed by atoms with E-state index in [1.165, 1.54) is 89.0 Å². The van der Waals surface area contributed by atoms with Crippen LogP contribution in [0.1, 0.15) is 201 Å². The third-order valence-corrected chi connectivity index (χ3v) is 11.4. The molecule has 59 heavy (non-hydrogen) atoms. The van der Waals surface area contributed by atoms with Crippen LogP contribution in [0.4, 0.5) is 4.79 Å². The fraction of sp³-hybridized carbons (Fsp3) is 0.809. The second-order valence-electron chi connectivity index (χ2n) is 16.1. The largest absolute Gasteiger partial charge is 0.472 e. The monoisotopic (exact) mass is 854 g/mol. The number of nitrogens with one attached hydrogen (secondary N) is 1. The summed E-state index contributed by atoms with van der Waals surface area (Å²) in [6.45, 7) is 5.50. The van der Waals surface area contributed by atoms with Crippen LogP contribution in [-0.4, -0.2) is 62.0 Å². The number of hydrogen-bond acceptors (Lipinski definition) is 9. The summed E-state index contributed by atoms with van der Waals surface area (Å²) < 4.78 is 38.6. The molecule has 0 saturated carbocycles. The molecule has 1 amide bonds. The third-order valence-electron chi connectivity index (χ3n) is 10.4. The molecule has 3 atom stereocenters. The van der Waals surface area contributed by atoms with Crippen LogP contribution in [0.2, 0.25) is 0 Å². The lowest BCUT2D eigenvalue weighted by molar-refractivity contribution is -0.161. The molecule has 1 rings (SSSR count). The average Bonchev–Trinajstić information content (AvgIpc) is 3.94. The van der Waals surface area contributed by atoms with Crippen molar-refractivity contribution in [3.05, 3.63) is 36.0 Å². The molecule has 1 aliphatic carbocycles. The minimum atomic E-state index is -4.57. The normalized spacial score (nSPS) is 15.3. The Balaban J connectivity index is 2.34. The summed E-state index contributed by atoms with van der Waals surface area (Å²) in [5.41, 5.74) is 1.17. The zero-order chi connectivity index (χ0) is 43.1. The van der Waals surface area contributed by atoms with Gasteiger partial charge in [0.25, 0.3) is 0 Å². The number of hydrogen-bond donors (Lipinski definition) is 2. The van der Waals surface area contributed by atoms with Crippen LogP contribution in [-0.2, 0) is 37.4 Å². The van der Waals surface area contributed by atoms with Gasteiger partial charge in [0, 0.05) is 25.3 Å². The maximum Gasteiger partial charge on any atom is 0.472 e. The average molecular weight is 854 g/mol. The highest BCUT2D eigenvalue weighted by molar-refractivity contribution is 7.47. The van der Waals surface area contributed by atoms with Crippen molar-refractivity contribution in [3.8, 4) is 0 Å². The molecule has 342 valence electrons. The van der Waals surface area contributed by atoms with Gasteiger partial charge in [-0.05, 0) is 71.1 Å². The number of phosphoric acid groups is 1. The molecule has 0 aromatic rings. The standard InChI is InChI=1S/C47H84NO10P/c1-4-6-8-10-12-14-16-18-20-22-24-26-28-30-32-34-45(49)54-40-44(41-57-59(52,53)56-37-36-48-47(51)55-39-43-38-42(43)3)58-46(50)35-33-31-29-27-25-23-21-19-17-15-13-11-9-7-5-2/h18-21,38,43-44H,4-17,22-37,39-41H2,1-3H3,(H,48,51)(H,52,53)/b20-18-,21-19-. The van der Waals surface area contributed by atoms with Crippen molar-refractivity contribution in [2.24, 2.45) is 5.92 Å². The molecule has 2 N–H and O–H groups in total. The van der Waals surface area contributed by atoms with E-state index in [0.29, 0.717) is 12.8 Å². The highest BCUT2D eigenvalue weighted by Gasteiger charge is 2.26. The first kappa shape index (κ1) is 54.6. The minimum absolute atomic E-state index is 0.0772. The summed E-state index contributed by atoms with van der Waals surface area (Å²) in [5, 5.41) is 2.45. The van der Waals surface area contributed by atoms with E-state index in [9.17, 15) is 23.8 Å². The van der Waals surface area contributed by atoms with Gasteiger partial charge in [0.1, 0.15) is 13.2 Å². The second-order valence-corrected chi connectivity index (χ2v) is 17.6. The third kappa shape index (κ3) is 37.1. The molecule has 0 aliphatic heterocycles. The number of rotatable bonds is 42. The number of carbonyl (C=O) groups is 3. The smallest absolute Gasteiger partial charge is 0.462 e. The molecule has 0 saturated heterocycles. The van der Waals surface area contributed by atoms with Gasteiger partial charge in [-0.25, -0.2) is 9.36 Å². The van der Waals surface area contributed by atoms with E-state index in [0.717, 1.165) is 70.6 Å². The van der Waals surface area contributed by atoms with Gasteiger partial charge in [-0.15, -0.1) is 0 Å². The molecule has 0 aromatic carbocycles. The van der Waals surface area contributed by atoms with Gasteiger partial charge in [-0.2, -0.15) is 0 Å². The SMILES string of the molecule is CCCCCCCC/C=C\CCCCCCCC(=O)OCC(COP(=O)(O)OCCNC(=O)OCC1C=C1C)OC(=O)CCCCCCC/C=C\CCCCCCCC. The Kier molecular flexibility index (Phi) is 35.6. The van der Waals surface area contributed by atoms with Crippen molar-refractivity contribution in [2.75, 3.05) is 33.0 Å². The molecule has 0 fully saturated rings. The van der Waals surface area contributed by atoms with Crippen molar-refractivity contribution >= 4 is 25.9 Å². The number of phosphoric ester groups is 1. The number of allylic oxidation sites excluding steroid dienone is 4. The zero-order valence-corrected chi connectivity index (χ0v) is 38.3. The van der Waals surface area contributed by atoms with Crippen molar-refractivity contribution in [3.63, 3.8) is 0 Å². The van der Waals surface area contributed by atoms with Gasteiger partial charge in [0.2, 0.25) is 0 Å². The van der Waals surface area contributed by atoms with E-state index in [1.807, 2.05) is 13.0 Å². The van der Waals surface area contributed by atoms with Crippen LogP contribution in [0.3, 0.4) is 0 Å². The maximum absolute atomic E-state index is 12.7. The van der Waals surface area contributed by atoms with Crippen LogP contribution in [0.15, 0.2) is 36.0 Å². The van der Waals surface area contributed by atoms with E-state index in [1.54, 1.807) is 0 Å². The van der Waals surface area contributed by atoms with Crippen LogP contribution in [0, 0.1) is 5.92 Å². The first-order chi connectivity index (χ1) is 28.7. The van der Waals surface area contributed by atoms with E-state index < -0.39 is 38.6 Å². The predicted molar refractivity (Wildman–Crippen MR) is 238 cm³/mol. The molecule has 0 heterocycles. The molecular formula is C47H84NO10P. The van der Waals surface area contributed by atoms with Gasteiger partial charge in [-0.1, -0.05) is 153 Å². The number of alkyl carbamates (subject to hydrolysis) is 1. The van der Waals surface area contributed by atoms with E-state index in [-0.39, 0.29) is 45.1 Å². The van der Waals surface area contributed by atoms with Gasteiger partial charge in [0.05, 0.1) is 13.2 Å². The van der Waals surface area contributed by atoms with Gasteiger partial charge < -0.3 is 24.4 Å². The summed E-state index contributed by atoms with van der Waals surface area (Å²) >= 11 is 0. The lowest BCUT2D eigenvalue weighted by Gasteiger charge is -2.20. The Morgan fingerprint density at radius 2 is 1.08 bits per heavy atom. The van der Waals surface area contributed by atoms with E-state index >= 15 is 0 Å². The summed E-state index contributed by atoms with van der Waals surface area (Å²) in [5.74, 6) is -0.731. The van der Waals surface area contributed by atoms with Crippen LogP contribution >= 0.6 is 7.82 Å². The topological polar surface area (TPSA) is 147 Å². The number of esters is 2. The second kappa shape index (κ2) is 38.5. The molecule has 3 unspecified atom stereocenters.